The van der Waals surface area contributed by atoms with Crippen molar-refractivity contribution in [2.45, 2.75) is 39.9 Å². The Bertz CT molecular complexity index is 428. The maximum absolute atomic E-state index is 12.5. The van der Waals surface area contributed by atoms with E-state index in [1.54, 1.807) is 0 Å². The van der Waals surface area contributed by atoms with E-state index in [1.807, 2.05) is 23.1 Å². The molecular weight excluding hydrogens is 236 g/mol. The van der Waals surface area contributed by atoms with Gasteiger partial charge >= 0.3 is 0 Å². The molecule has 19 heavy (non-hydrogen) atoms. The Balaban J connectivity index is 2.27. The third kappa shape index (κ3) is 2.98. The van der Waals surface area contributed by atoms with Crippen molar-refractivity contribution in [3.8, 4) is 0 Å². The Morgan fingerprint density at radius 1 is 1.16 bits per heavy atom. The van der Waals surface area contributed by atoms with Crippen LogP contribution in [0, 0.1) is 11.8 Å². The highest BCUT2D eigenvalue weighted by Crippen LogP contribution is 2.28. The molecule has 1 aliphatic rings. The van der Waals surface area contributed by atoms with E-state index in [0.717, 1.165) is 6.54 Å². The van der Waals surface area contributed by atoms with Crippen molar-refractivity contribution < 1.29 is 4.79 Å². The van der Waals surface area contributed by atoms with Gasteiger partial charge in [-0.05, 0) is 17.4 Å². The average molecular weight is 260 g/mol. The summed E-state index contributed by atoms with van der Waals surface area (Å²) in [6.07, 6.45) is 0.0171. The fraction of sp³-hybridized carbons (Fsp3) is 0.562. The minimum absolute atomic E-state index is 0.0171. The van der Waals surface area contributed by atoms with Crippen LogP contribution in [0.2, 0.25) is 0 Å². The number of carbonyl (C=O) groups is 1. The quantitative estimate of drug-likeness (QED) is 0.903. The molecule has 2 unspecified atom stereocenters. The number of hydrogen-bond acceptors (Lipinski definition) is 2. The molecule has 0 spiro atoms. The van der Waals surface area contributed by atoms with Gasteiger partial charge in [0.1, 0.15) is 6.17 Å². The molecule has 1 aromatic carbocycles. The molecule has 0 aliphatic carbocycles. The molecule has 1 fully saturated rings. The summed E-state index contributed by atoms with van der Waals surface area (Å²) >= 11 is 0. The van der Waals surface area contributed by atoms with Crippen LogP contribution in [0.25, 0.3) is 0 Å². The topological polar surface area (TPSA) is 32.3 Å². The summed E-state index contributed by atoms with van der Waals surface area (Å²) < 4.78 is 0. The summed E-state index contributed by atoms with van der Waals surface area (Å²) in [5.74, 6) is 1.02. The van der Waals surface area contributed by atoms with E-state index in [1.165, 1.54) is 5.56 Å². The molecule has 1 saturated heterocycles. The number of nitrogens with zero attached hydrogens (tertiary/aromatic N) is 1. The Morgan fingerprint density at radius 3 is 2.32 bits per heavy atom. The van der Waals surface area contributed by atoms with E-state index < -0.39 is 0 Å². The molecule has 3 nitrogen and oxygen atoms in total. The molecule has 1 aromatic rings. The largest absolute Gasteiger partial charge is 0.321 e. The van der Waals surface area contributed by atoms with E-state index in [2.05, 4.69) is 45.1 Å². The maximum atomic E-state index is 12.5. The second kappa shape index (κ2) is 5.74. The third-order valence-corrected chi connectivity index (χ3v) is 3.54. The lowest BCUT2D eigenvalue weighted by atomic mass is 10.0. The number of benzene rings is 1. The molecule has 1 heterocycles. The fourth-order valence-electron chi connectivity index (χ4n) is 2.62. The highest BCUT2D eigenvalue weighted by Gasteiger charge is 2.40. The first-order chi connectivity index (χ1) is 9.00. The minimum Gasteiger partial charge on any atom is -0.321 e. The van der Waals surface area contributed by atoms with Gasteiger partial charge in [0.2, 0.25) is 5.91 Å². The van der Waals surface area contributed by atoms with E-state index >= 15 is 0 Å². The summed E-state index contributed by atoms with van der Waals surface area (Å²) in [5, 5.41) is 3.49. The Morgan fingerprint density at radius 2 is 1.79 bits per heavy atom. The van der Waals surface area contributed by atoms with Crippen molar-refractivity contribution in [1.82, 2.24) is 10.2 Å². The van der Waals surface area contributed by atoms with Gasteiger partial charge in [-0.15, -0.1) is 0 Å². The first-order valence-electron chi connectivity index (χ1n) is 7.12. The lowest BCUT2D eigenvalue weighted by molar-refractivity contribution is -0.131. The van der Waals surface area contributed by atoms with Gasteiger partial charge in [-0.1, -0.05) is 58.0 Å². The minimum atomic E-state index is -0.0658. The molecule has 0 radical (unpaired) electrons. The molecule has 0 bridgehead atoms. The maximum Gasteiger partial charge on any atom is 0.241 e. The van der Waals surface area contributed by atoms with Crippen molar-refractivity contribution >= 4 is 5.91 Å². The molecule has 1 N–H and O–H groups in total. The van der Waals surface area contributed by atoms with Crippen LogP contribution in [-0.4, -0.2) is 23.4 Å². The normalized spacial score (nSPS) is 23.7. The Labute approximate surface area is 116 Å². The van der Waals surface area contributed by atoms with Crippen molar-refractivity contribution in [2.24, 2.45) is 11.8 Å². The van der Waals surface area contributed by atoms with Gasteiger partial charge in [-0.3, -0.25) is 10.1 Å². The molecule has 3 heteroatoms. The van der Waals surface area contributed by atoms with Crippen molar-refractivity contribution in [3.63, 3.8) is 0 Å². The zero-order valence-corrected chi connectivity index (χ0v) is 12.3. The summed E-state index contributed by atoms with van der Waals surface area (Å²) in [4.78, 5) is 14.5. The first-order valence-corrected chi connectivity index (χ1v) is 7.12. The second-order valence-corrected chi connectivity index (χ2v) is 6.09. The molecule has 0 saturated carbocycles. The van der Waals surface area contributed by atoms with Crippen LogP contribution >= 0.6 is 0 Å². The van der Waals surface area contributed by atoms with Gasteiger partial charge < -0.3 is 4.90 Å². The van der Waals surface area contributed by atoms with Crippen molar-refractivity contribution in [3.05, 3.63) is 35.9 Å². The first kappa shape index (κ1) is 14.1. The van der Waals surface area contributed by atoms with E-state index in [0.29, 0.717) is 11.8 Å². The summed E-state index contributed by atoms with van der Waals surface area (Å²) in [7, 11) is 0. The monoisotopic (exact) mass is 260 g/mol. The Kier molecular flexibility index (Phi) is 4.25. The van der Waals surface area contributed by atoms with Crippen LogP contribution < -0.4 is 5.32 Å². The number of hydrogen-bond donors (Lipinski definition) is 1. The van der Waals surface area contributed by atoms with Crippen LogP contribution in [0.15, 0.2) is 30.3 Å². The van der Waals surface area contributed by atoms with Crippen molar-refractivity contribution in [1.29, 1.82) is 0 Å². The van der Waals surface area contributed by atoms with Crippen LogP contribution in [0.5, 0.6) is 0 Å². The van der Waals surface area contributed by atoms with E-state index in [4.69, 9.17) is 0 Å². The van der Waals surface area contributed by atoms with Crippen LogP contribution in [0.1, 0.15) is 39.4 Å². The molecular formula is C16H24N2O. The van der Waals surface area contributed by atoms with E-state index in [-0.39, 0.29) is 18.1 Å². The lowest BCUT2D eigenvalue weighted by Gasteiger charge is -2.26. The van der Waals surface area contributed by atoms with Gasteiger partial charge in [-0.2, -0.15) is 0 Å². The number of amides is 1. The molecule has 2 atom stereocenters. The number of nitrogens with one attached hydrogen (secondary N) is 1. The highest BCUT2D eigenvalue weighted by molar-refractivity contribution is 5.84. The lowest BCUT2D eigenvalue weighted by Crippen LogP contribution is -2.35. The van der Waals surface area contributed by atoms with Gasteiger partial charge in [0.25, 0.3) is 0 Å². The number of rotatable bonds is 4. The smallest absolute Gasteiger partial charge is 0.241 e. The molecule has 1 aliphatic heterocycles. The van der Waals surface area contributed by atoms with Crippen molar-refractivity contribution in [2.75, 3.05) is 6.54 Å². The van der Waals surface area contributed by atoms with Crippen LogP contribution in [0.3, 0.4) is 0 Å². The van der Waals surface area contributed by atoms with Crippen LogP contribution in [0.4, 0.5) is 0 Å². The molecule has 0 aromatic heterocycles. The van der Waals surface area contributed by atoms with Gasteiger partial charge in [0.05, 0.1) is 6.04 Å². The van der Waals surface area contributed by atoms with E-state index in [9.17, 15) is 4.79 Å². The standard InChI is InChI=1S/C16H24N2O/c1-11(2)10-18-15(13-8-6-5-7-9-13)17-14(12(3)4)16(18)19/h5-9,11-12,14-15,17H,10H2,1-4H3. The predicted octanol–water partition coefficient (Wildman–Crippen LogP) is 2.80. The predicted molar refractivity (Wildman–Crippen MR) is 77.5 cm³/mol. The zero-order valence-electron chi connectivity index (χ0n) is 12.3. The zero-order chi connectivity index (χ0) is 14.0. The van der Waals surface area contributed by atoms with Crippen LogP contribution in [-0.2, 0) is 4.79 Å². The number of carbonyl (C=O) groups excluding carboxylic acids is 1. The fourth-order valence-corrected chi connectivity index (χ4v) is 2.62. The third-order valence-electron chi connectivity index (χ3n) is 3.54. The molecule has 2 rings (SSSR count). The summed E-state index contributed by atoms with van der Waals surface area (Å²) in [6, 6.07) is 10.2. The summed E-state index contributed by atoms with van der Waals surface area (Å²) in [6.45, 7) is 9.29. The summed E-state index contributed by atoms with van der Waals surface area (Å²) in [5.41, 5.74) is 1.17. The average Bonchev–Trinajstić information content (AvgIpc) is 2.68. The molecule has 1 amide bonds. The van der Waals surface area contributed by atoms with Gasteiger partial charge in [0, 0.05) is 6.54 Å². The van der Waals surface area contributed by atoms with Gasteiger partial charge in [-0.25, -0.2) is 0 Å². The molecule has 104 valence electrons. The van der Waals surface area contributed by atoms with Gasteiger partial charge in [0.15, 0.2) is 0 Å². The SMILES string of the molecule is CC(C)CN1C(=O)C(C(C)C)NC1c1ccccc1. The Hall–Kier alpha value is -1.35. The second-order valence-electron chi connectivity index (χ2n) is 6.09. The highest BCUT2D eigenvalue weighted by atomic mass is 16.2.